The second-order valence-electron chi connectivity index (χ2n) is 6.83. The van der Waals surface area contributed by atoms with Crippen molar-refractivity contribution in [3.63, 3.8) is 0 Å². The number of hydrogen-bond donors (Lipinski definition) is 3. The van der Waals surface area contributed by atoms with Crippen LogP contribution < -0.4 is 20.9 Å². The second-order valence-corrected chi connectivity index (χ2v) is 7.80. The van der Waals surface area contributed by atoms with Crippen LogP contribution in [-0.4, -0.2) is 39.4 Å². The highest BCUT2D eigenvalue weighted by Crippen LogP contribution is 2.25. The van der Waals surface area contributed by atoms with Crippen LogP contribution in [0.15, 0.2) is 52.4 Å². The van der Waals surface area contributed by atoms with Gasteiger partial charge >= 0.3 is 0 Å². The highest BCUT2D eigenvalue weighted by molar-refractivity contribution is 7.99. The van der Waals surface area contributed by atoms with Crippen molar-refractivity contribution in [3.05, 3.63) is 58.4 Å². The van der Waals surface area contributed by atoms with Crippen LogP contribution in [-0.2, 0) is 9.59 Å². The number of aromatic nitrogens is 3. The number of aryl methyl sites for hydroxylation is 1. The summed E-state index contributed by atoms with van der Waals surface area (Å²) >= 11 is 1.06. The molecule has 0 radical (unpaired) electrons. The lowest BCUT2D eigenvalue weighted by Crippen LogP contribution is -2.18. The summed E-state index contributed by atoms with van der Waals surface area (Å²) in [5.41, 5.74) is 2.10. The van der Waals surface area contributed by atoms with E-state index in [1.165, 1.54) is 6.92 Å². The van der Waals surface area contributed by atoms with Crippen molar-refractivity contribution >= 4 is 35.0 Å². The molecule has 3 aromatic rings. The van der Waals surface area contributed by atoms with E-state index in [2.05, 4.69) is 25.8 Å². The number of rotatable bonds is 8. The van der Waals surface area contributed by atoms with Crippen molar-refractivity contribution < 1.29 is 14.3 Å². The average Bonchev–Trinajstić information content (AvgIpc) is 2.75. The summed E-state index contributed by atoms with van der Waals surface area (Å²) in [7, 11) is 0. The Morgan fingerprint density at radius 3 is 2.50 bits per heavy atom. The number of nitrogens with one attached hydrogen (secondary N) is 3. The SMILES string of the molecule is CCOc1ccc(NC(=O)CSc2nnc(-c3cc(C)ccc3NC(C)=O)c(=O)[nH]2)cc1. The van der Waals surface area contributed by atoms with Crippen molar-refractivity contribution in [1.29, 1.82) is 0 Å². The highest BCUT2D eigenvalue weighted by atomic mass is 32.2. The molecule has 0 saturated heterocycles. The summed E-state index contributed by atoms with van der Waals surface area (Å²) in [6.07, 6.45) is 0. The Bertz CT molecular complexity index is 1180. The van der Waals surface area contributed by atoms with Gasteiger partial charge in [-0.15, -0.1) is 10.2 Å². The van der Waals surface area contributed by atoms with E-state index in [1.807, 2.05) is 19.9 Å². The zero-order valence-electron chi connectivity index (χ0n) is 17.9. The molecule has 166 valence electrons. The molecule has 0 atom stereocenters. The number of amides is 2. The van der Waals surface area contributed by atoms with E-state index in [9.17, 15) is 14.4 Å². The number of benzene rings is 2. The Hall–Kier alpha value is -3.66. The maximum atomic E-state index is 12.6. The molecule has 0 spiro atoms. The fourth-order valence-electron chi connectivity index (χ4n) is 2.85. The van der Waals surface area contributed by atoms with Crippen LogP contribution in [0.25, 0.3) is 11.3 Å². The molecule has 3 N–H and O–H groups in total. The summed E-state index contributed by atoms with van der Waals surface area (Å²) in [6, 6.07) is 12.3. The van der Waals surface area contributed by atoms with Crippen molar-refractivity contribution in [2.75, 3.05) is 23.0 Å². The molecule has 1 heterocycles. The van der Waals surface area contributed by atoms with Gasteiger partial charge in [0.1, 0.15) is 5.75 Å². The van der Waals surface area contributed by atoms with Gasteiger partial charge in [-0.3, -0.25) is 19.4 Å². The van der Waals surface area contributed by atoms with E-state index in [4.69, 9.17) is 4.74 Å². The lowest BCUT2D eigenvalue weighted by atomic mass is 10.1. The zero-order valence-corrected chi connectivity index (χ0v) is 18.7. The minimum Gasteiger partial charge on any atom is -0.494 e. The second kappa shape index (κ2) is 10.6. The first-order valence-corrected chi connectivity index (χ1v) is 10.9. The van der Waals surface area contributed by atoms with Gasteiger partial charge in [0.2, 0.25) is 11.8 Å². The minimum atomic E-state index is -0.466. The van der Waals surface area contributed by atoms with Crippen LogP contribution in [0, 0.1) is 6.92 Å². The van der Waals surface area contributed by atoms with Crippen LogP contribution in [0.2, 0.25) is 0 Å². The smallest absolute Gasteiger partial charge is 0.278 e. The van der Waals surface area contributed by atoms with Crippen LogP contribution in [0.5, 0.6) is 5.75 Å². The maximum Gasteiger partial charge on any atom is 0.278 e. The van der Waals surface area contributed by atoms with E-state index in [-0.39, 0.29) is 28.4 Å². The van der Waals surface area contributed by atoms with E-state index in [1.54, 1.807) is 36.4 Å². The number of hydrogen-bond acceptors (Lipinski definition) is 7. The third-order valence-corrected chi connectivity index (χ3v) is 5.07. The zero-order chi connectivity index (χ0) is 23.1. The number of thioether (sulfide) groups is 1. The average molecular weight is 454 g/mol. The molecule has 0 bridgehead atoms. The van der Waals surface area contributed by atoms with E-state index < -0.39 is 5.56 Å². The van der Waals surface area contributed by atoms with Gasteiger partial charge in [0, 0.05) is 18.2 Å². The molecule has 0 aliphatic rings. The Kier molecular flexibility index (Phi) is 7.61. The lowest BCUT2D eigenvalue weighted by Gasteiger charge is -2.10. The van der Waals surface area contributed by atoms with Crippen LogP contribution in [0.1, 0.15) is 19.4 Å². The summed E-state index contributed by atoms with van der Waals surface area (Å²) in [4.78, 5) is 38.9. The minimum absolute atomic E-state index is 0.0404. The number of H-pyrrole nitrogens is 1. The largest absolute Gasteiger partial charge is 0.494 e. The molecule has 0 unspecified atom stereocenters. The number of anilines is 2. The van der Waals surface area contributed by atoms with Crippen molar-refractivity contribution in [1.82, 2.24) is 15.2 Å². The van der Waals surface area contributed by atoms with E-state index >= 15 is 0 Å². The van der Waals surface area contributed by atoms with Gasteiger partial charge in [-0.2, -0.15) is 0 Å². The van der Waals surface area contributed by atoms with Gasteiger partial charge in [-0.1, -0.05) is 23.4 Å². The molecule has 3 rings (SSSR count). The molecule has 0 saturated carbocycles. The first-order chi connectivity index (χ1) is 15.4. The van der Waals surface area contributed by atoms with Gasteiger partial charge in [0.25, 0.3) is 5.56 Å². The number of carbonyl (C=O) groups excluding carboxylic acids is 2. The third kappa shape index (κ3) is 6.17. The fraction of sp³-hybridized carbons (Fsp3) is 0.227. The molecular formula is C22H23N5O4S. The molecule has 0 fully saturated rings. The Labute approximate surface area is 189 Å². The van der Waals surface area contributed by atoms with Crippen molar-refractivity contribution in [3.8, 4) is 17.0 Å². The summed E-state index contributed by atoms with van der Waals surface area (Å²) in [5.74, 6) is 0.254. The predicted octanol–water partition coefficient (Wildman–Crippen LogP) is 3.23. The molecular weight excluding hydrogens is 430 g/mol. The topological polar surface area (TPSA) is 126 Å². The molecule has 0 aliphatic carbocycles. The Balaban J connectivity index is 1.67. The molecule has 1 aromatic heterocycles. The van der Waals surface area contributed by atoms with E-state index in [0.717, 1.165) is 23.1 Å². The monoisotopic (exact) mass is 453 g/mol. The standard InChI is InChI=1S/C22H23N5O4S/c1-4-31-16-8-6-15(7-9-16)24-19(29)12-32-22-25-21(30)20(26-27-22)17-11-13(2)5-10-18(17)23-14(3)28/h5-11H,4,12H2,1-3H3,(H,23,28)(H,24,29)(H,25,27,30). The summed E-state index contributed by atoms with van der Waals surface area (Å²) < 4.78 is 5.37. The third-order valence-electron chi connectivity index (χ3n) is 4.21. The quantitative estimate of drug-likeness (QED) is 0.447. The molecule has 2 amide bonds. The Morgan fingerprint density at radius 1 is 1.09 bits per heavy atom. The normalized spacial score (nSPS) is 10.5. The number of nitrogens with zero attached hydrogens (tertiary/aromatic N) is 2. The Morgan fingerprint density at radius 2 is 1.84 bits per heavy atom. The lowest BCUT2D eigenvalue weighted by molar-refractivity contribution is -0.114. The van der Waals surface area contributed by atoms with Gasteiger partial charge in [0.05, 0.1) is 18.0 Å². The van der Waals surface area contributed by atoms with Gasteiger partial charge in [0.15, 0.2) is 10.9 Å². The van der Waals surface area contributed by atoms with Gasteiger partial charge in [-0.25, -0.2) is 0 Å². The number of carbonyl (C=O) groups is 2. The van der Waals surface area contributed by atoms with Gasteiger partial charge in [-0.05, 0) is 50.2 Å². The molecule has 32 heavy (non-hydrogen) atoms. The van der Waals surface area contributed by atoms with Crippen LogP contribution >= 0.6 is 11.8 Å². The summed E-state index contributed by atoms with van der Waals surface area (Å²) in [6.45, 7) is 5.72. The number of ether oxygens (including phenoxy) is 1. The maximum absolute atomic E-state index is 12.6. The van der Waals surface area contributed by atoms with Crippen LogP contribution in [0.4, 0.5) is 11.4 Å². The first kappa shape index (κ1) is 23.0. The predicted molar refractivity (Wildman–Crippen MR) is 124 cm³/mol. The molecule has 2 aromatic carbocycles. The first-order valence-electron chi connectivity index (χ1n) is 9.87. The fourth-order valence-corrected chi connectivity index (χ4v) is 3.45. The number of aromatic amines is 1. The van der Waals surface area contributed by atoms with Gasteiger partial charge < -0.3 is 15.4 Å². The summed E-state index contributed by atoms with van der Waals surface area (Å²) in [5, 5.41) is 13.7. The highest BCUT2D eigenvalue weighted by Gasteiger charge is 2.14. The molecule has 10 heteroatoms. The molecule has 0 aliphatic heterocycles. The van der Waals surface area contributed by atoms with Crippen LogP contribution in [0.3, 0.4) is 0 Å². The van der Waals surface area contributed by atoms with Crippen molar-refractivity contribution in [2.45, 2.75) is 25.9 Å². The molecule has 9 nitrogen and oxygen atoms in total. The van der Waals surface area contributed by atoms with E-state index in [0.29, 0.717) is 23.5 Å². The van der Waals surface area contributed by atoms with Crippen molar-refractivity contribution in [2.24, 2.45) is 0 Å².